The Morgan fingerprint density at radius 2 is 1.44 bits per heavy atom. The average Bonchev–Trinajstić information content (AvgIpc) is 2.49. The van der Waals surface area contributed by atoms with Crippen molar-refractivity contribution in [3.8, 4) is 0 Å². The number of fused-ring (bicyclic) bond motifs is 1. The van der Waals surface area contributed by atoms with Crippen LogP contribution in [-0.2, 0) is 6.42 Å². The van der Waals surface area contributed by atoms with E-state index in [4.69, 9.17) is 10.2 Å². The van der Waals surface area contributed by atoms with Gasteiger partial charge in [0.1, 0.15) is 0 Å². The van der Waals surface area contributed by atoms with Crippen LogP contribution in [0.15, 0.2) is 42.5 Å². The summed E-state index contributed by atoms with van der Waals surface area (Å²) in [5, 5.41) is 16.8. The Hall–Kier alpha value is -1.38. The Kier molecular flexibility index (Phi) is 9.93. The molecule has 0 aliphatic rings. The third-order valence-electron chi connectivity index (χ3n) is 2.68. The molecule has 2 aromatic carbocycles. The maximum atomic E-state index is 7.00. The number of hydrogen-bond acceptors (Lipinski definition) is 2. The number of rotatable bonds is 3. The molecule has 2 aromatic rings. The summed E-state index contributed by atoms with van der Waals surface area (Å²) >= 11 is 0. The van der Waals surface area contributed by atoms with Gasteiger partial charge in [0.15, 0.2) is 0 Å². The van der Waals surface area contributed by atoms with Crippen molar-refractivity contribution < 1.29 is 10.2 Å². The molecule has 2 rings (SSSR count). The van der Waals surface area contributed by atoms with Crippen molar-refractivity contribution in [3.63, 3.8) is 0 Å². The van der Waals surface area contributed by atoms with Crippen molar-refractivity contribution in [2.45, 2.75) is 26.2 Å². The average molecular weight is 248 g/mol. The monoisotopic (exact) mass is 248 g/mol. The maximum Gasteiger partial charge on any atom is 0.0319 e. The highest BCUT2D eigenvalue weighted by Gasteiger charge is 1.98. The van der Waals surface area contributed by atoms with Crippen molar-refractivity contribution in [3.05, 3.63) is 48.0 Å². The fourth-order valence-electron chi connectivity index (χ4n) is 1.88. The second-order valence-electron chi connectivity index (χ2n) is 3.74. The van der Waals surface area contributed by atoms with Crippen LogP contribution >= 0.6 is 0 Å². The minimum absolute atomic E-state index is 1.00. The van der Waals surface area contributed by atoms with Crippen LogP contribution in [0, 0.1) is 0 Å². The van der Waals surface area contributed by atoms with Gasteiger partial charge in [0.25, 0.3) is 0 Å². The van der Waals surface area contributed by atoms with Crippen molar-refractivity contribution in [2.24, 2.45) is 0 Å². The highest BCUT2D eigenvalue weighted by atomic mass is 16.2. The largest absolute Gasteiger partial charge is 0.400 e. The smallest absolute Gasteiger partial charge is 0.0319 e. The number of benzene rings is 2. The van der Waals surface area contributed by atoms with Crippen LogP contribution < -0.4 is 0 Å². The van der Waals surface area contributed by atoms with Gasteiger partial charge in [0.2, 0.25) is 0 Å². The molecule has 0 saturated heterocycles. The summed E-state index contributed by atoms with van der Waals surface area (Å²) in [4.78, 5) is 0. The van der Waals surface area contributed by atoms with Gasteiger partial charge in [0.05, 0.1) is 0 Å². The van der Waals surface area contributed by atoms with E-state index < -0.39 is 0 Å². The molecule has 0 amide bonds. The lowest BCUT2D eigenvalue weighted by Gasteiger charge is -2.04. The molecule has 0 bridgehead atoms. The van der Waals surface area contributed by atoms with Crippen LogP contribution in [0.3, 0.4) is 0 Å². The molecular weight excluding hydrogens is 224 g/mol. The number of hydrogen-bond donors (Lipinski definition) is 2. The van der Waals surface area contributed by atoms with Crippen LogP contribution in [0.2, 0.25) is 0 Å². The summed E-state index contributed by atoms with van der Waals surface area (Å²) in [5.74, 6) is 0. The van der Waals surface area contributed by atoms with E-state index in [2.05, 4.69) is 49.4 Å². The Labute approximate surface area is 110 Å². The van der Waals surface area contributed by atoms with Gasteiger partial charge in [-0.05, 0) is 29.2 Å². The van der Waals surface area contributed by atoms with E-state index in [1.807, 2.05) is 0 Å². The second kappa shape index (κ2) is 10.8. The molecule has 0 fully saturated rings. The van der Waals surface area contributed by atoms with Gasteiger partial charge in [0, 0.05) is 14.2 Å². The lowest BCUT2D eigenvalue weighted by molar-refractivity contribution is 0.399. The van der Waals surface area contributed by atoms with E-state index in [1.54, 1.807) is 0 Å². The topological polar surface area (TPSA) is 40.5 Å². The molecule has 100 valence electrons. The van der Waals surface area contributed by atoms with Crippen molar-refractivity contribution in [1.82, 2.24) is 0 Å². The molecular formula is C16H24O2. The fourth-order valence-corrected chi connectivity index (χ4v) is 1.88. The summed E-state index contributed by atoms with van der Waals surface area (Å²) in [7, 11) is 2.00. The summed E-state index contributed by atoms with van der Waals surface area (Å²) < 4.78 is 0. The molecule has 0 atom stereocenters. The number of unbranched alkanes of at least 4 members (excludes halogenated alkanes) is 1. The molecule has 0 heterocycles. The Bertz CT molecular complexity index is 419. The van der Waals surface area contributed by atoms with Gasteiger partial charge >= 0.3 is 0 Å². The third kappa shape index (κ3) is 4.86. The number of aliphatic hydroxyl groups excluding tert-OH is 2. The Morgan fingerprint density at radius 1 is 0.833 bits per heavy atom. The first-order valence-electron chi connectivity index (χ1n) is 6.28. The lowest BCUT2D eigenvalue weighted by atomic mass is 10.0. The minimum Gasteiger partial charge on any atom is -0.400 e. The van der Waals surface area contributed by atoms with Crippen molar-refractivity contribution in [1.29, 1.82) is 0 Å². The summed E-state index contributed by atoms with van der Waals surface area (Å²) in [6.45, 7) is 2.24. The molecule has 2 N–H and O–H groups in total. The van der Waals surface area contributed by atoms with Crippen LogP contribution in [0.4, 0.5) is 0 Å². The van der Waals surface area contributed by atoms with E-state index >= 15 is 0 Å². The molecule has 0 aliphatic heterocycles. The normalized spacial score (nSPS) is 8.94. The molecule has 0 saturated carbocycles. The lowest BCUT2D eigenvalue weighted by Crippen LogP contribution is -1.86. The molecule has 0 unspecified atom stereocenters. The zero-order valence-corrected chi connectivity index (χ0v) is 11.6. The van der Waals surface area contributed by atoms with Crippen molar-refractivity contribution >= 4 is 10.8 Å². The second-order valence-corrected chi connectivity index (χ2v) is 3.74. The number of aryl methyl sites for hydroxylation is 1. The molecule has 0 aliphatic carbocycles. The molecule has 0 radical (unpaired) electrons. The van der Waals surface area contributed by atoms with E-state index in [1.165, 1.54) is 35.6 Å². The molecule has 0 aromatic heterocycles. The van der Waals surface area contributed by atoms with Gasteiger partial charge in [-0.15, -0.1) is 0 Å². The third-order valence-corrected chi connectivity index (χ3v) is 2.68. The van der Waals surface area contributed by atoms with Gasteiger partial charge in [-0.3, -0.25) is 0 Å². The maximum absolute atomic E-state index is 7.00. The quantitative estimate of drug-likeness (QED) is 0.874. The standard InChI is InChI=1S/C14H16.2CH4O/c1-2-3-7-12-9-6-10-13-8-4-5-11-14(12)13;2*1-2/h4-6,8-11H,2-3,7H2,1H3;2*2H,1H3. The van der Waals surface area contributed by atoms with Crippen LogP contribution in [0.25, 0.3) is 10.8 Å². The van der Waals surface area contributed by atoms with Gasteiger partial charge in [-0.25, -0.2) is 0 Å². The minimum atomic E-state index is 1.00. The first kappa shape index (κ1) is 16.6. The summed E-state index contributed by atoms with van der Waals surface area (Å²) in [5.41, 5.74) is 1.49. The summed E-state index contributed by atoms with van der Waals surface area (Å²) in [6.07, 6.45) is 3.76. The summed E-state index contributed by atoms with van der Waals surface area (Å²) in [6, 6.07) is 15.2. The Balaban J connectivity index is 0.000000659. The first-order valence-corrected chi connectivity index (χ1v) is 6.28. The van der Waals surface area contributed by atoms with E-state index in [0.29, 0.717) is 0 Å². The van der Waals surface area contributed by atoms with Crippen LogP contribution in [0.1, 0.15) is 25.3 Å². The SMILES string of the molecule is CCCCc1cccc2ccccc12.CO.CO. The zero-order chi connectivity index (χ0) is 13.8. The van der Waals surface area contributed by atoms with Gasteiger partial charge in [-0.1, -0.05) is 55.8 Å². The highest BCUT2D eigenvalue weighted by Crippen LogP contribution is 2.19. The van der Waals surface area contributed by atoms with E-state index in [0.717, 1.165) is 14.2 Å². The number of aliphatic hydroxyl groups is 2. The first-order chi connectivity index (χ1) is 8.92. The molecule has 2 heteroatoms. The fraction of sp³-hybridized carbons (Fsp3) is 0.375. The predicted octanol–water partition coefficient (Wildman–Crippen LogP) is 3.40. The van der Waals surface area contributed by atoms with Gasteiger partial charge in [-0.2, -0.15) is 0 Å². The molecule has 0 spiro atoms. The molecule has 2 nitrogen and oxygen atoms in total. The van der Waals surface area contributed by atoms with E-state index in [9.17, 15) is 0 Å². The van der Waals surface area contributed by atoms with E-state index in [-0.39, 0.29) is 0 Å². The predicted molar refractivity (Wildman–Crippen MR) is 78.8 cm³/mol. The van der Waals surface area contributed by atoms with Crippen LogP contribution in [-0.4, -0.2) is 24.4 Å². The zero-order valence-electron chi connectivity index (χ0n) is 11.6. The van der Waals surface area contributed by atoms with Crippen molar-refractivity contribution in [2.75, 3.05) is 14.2 Å². The van der Waals surface area contributed by atoms with Crippen LogP contribution in [0.5, 0.6) is 0 Å². The van der Waals surface area contributed by atoms with Gasteiger partial charge < -0.3 is 10.2 Å². The Morgan fingerprint density at radius 3 is 2.11 bits per heavy atom. The highest BCUT2D eigenvalue weighted by molar-refractivity contribution is 5.85. The molecule has 18 heavy (non-hydrogen) atoms.